The fourth-order valence-corrected chi connectivity index (χ4v) is 3.56. The second-order valence-corrected chi connectivity index (χ2v) is 6.21. The van der Waals surface area contributed by atoms with Crippen molar-refractivity contribution in [1.29, 1.82) is 0 Å². The number of rotatable bonds is 1. The Hall–Kier alpha value is -1.77. The molecule has 21 heavy (non-hydrogen) atoms. The predicted octanol–water partition coefficient (Wildman–Crippen LogP) is 6.67. The zero-order chi connectivity index (χ0) is 14.4. The maximum Gasteiger partial charge on any atom is 0.149 e. The molecule has 0 spiro atoms. The zero-order valence-electron chi connectivity index (χ0n) is 10.9. The molecule has 1 nitrogen and oxygen atoms in total. The van der Waals surface area contributed by atoms with Gasteiger partial charge >= 0.3 is 0 Å². The summed E-state index contributed by atoms with van der Waals surface area (Å²) in [5, 5.41) is 2.80. The lowest BCUT2D eigenvalue weighted by Crippen LogP contribution is -1.77. The molecule has 0 bridgehead atoms. The topological polar surface area (TPSA) is 13.1 Å². The van der Waals surface area contributed by atoms with Gasteiger partial charge in [-0.3, -0.25) is 0 Å². The molecule has 1 heterocycles. The molecule has 0 saturated heterocycles. The molecule has 0 radical (unpaired) electrons. The molecule has 1 aromatic heterocycles. The van der Waals surface area contributed by atoms with Crippen LogP contribution in [-0.2, 0) is 0 Å². The summed E-state index contributed by atoms with van der Waals surface area (Å²) in [6, 6.07) is 20.2. The van der Waals surface area contributed by atoms with Crippen molar-refractivity contribution in [3.63, 3.8) is 0 Å². The van der Waals surface area contributed by atoms with Gasteiger partial charge in [0, 0.05) is 21.4 Å². The van der Waals surface area contributed by atoms with Crippen molar-refractivity contribution in [3.05, 3.63) is 70.2 Å². The molecule has 0 atom stereocenters. The summed E-state index contributed by atoms with van der Waals surface area (Å²) >= 11 is 9.69. The number of benzene rings is 3. The third kappa shape index (κ3) is 2.06. The average Bonchev–Trinajstić information content (AvgIpc) is 2.87. The van der Waals surface area contributed by atoms with Gasteiger partial charge in [0.25, 0.3) is 0 Å². The second kappa shape index (κ2) is 4.90. The van der Waals surface area contributed by atoms with E-state index in [1.807, 2.05) is 30.3 Å². The Labute approximate surface area is 135 Å². The van der Waals surface area contributed by atoms with E-state index in [2.05, 4.69) is 46.3 Å². The molecule has 0 aliphatic heterocycles. The first-order valence-corrected chi connectivity index (χ1v) is 7.77. The highest BCUT2D eigenvalue weighted by Crippen LogP contribution is 2.39. The summed E-state index contributed by atoms with van der Waals surface area (Å²) < 4.78 is 6.99. The monoisotopic (exact) mass is 356 g/mol. The van der Waals surface area contributed by atoms with Crippen LogP contribution in [0.1, 0.15) is 0 Å². The molecule has 4 rings (SSSR count). The Balaban J connectivity index is 2.14. The molecular weight excluding hydrogens is 348 g/mol. The van der Waals surface area contributed by atoms with Crippen LogP contribution in [0.15, 0.2) is 69.6 Å². The highest BCUT2D eigenvalue weighted by molar-refractivity contribution is 9.10. The number of halogens is 2. The third-order valence-corrected chi connectivity index (χ3v) is 4.41. The highest BCUT2D eigenvalue weighted by Gasteiger charge is 2.14. The first-order chi connectivity index (χ1) is 10.2. The van der Waals surface area contributed by atoms with Crippen molar-refractivity contribution in [2.45, 2.75) is 0 Å². The largest absolute Gasteiger partial charge is 0.454 e. The lowest BCUT2D eigenvalue weighted by molar-refractivity contribution is 0.668. The zero-order valence-corrected chi connectivity index (χ0v) is 13.3. The molecule has 4 aromatic rings. The van der Waals surface area contributed by atoms with Gasteiger partial charge in [-0.2, -0.15) is 0 Å². The van der Waals surface area contributed by atoms with Crippen molar-refractivity contribution < 1.29 is 4.42 Å². The number of hydrogen-bond acceptors (Lipinski definition) is 1. The minimum atomic E-state index is 0.696. The van der Waals surface area contributed by atoms with Crippen LogP contribution in [0.3, 0.4) is 0 Å². The van der Waals surface area contributed by atoms with Gasteiger partial charge in [0.2, 0.25) is 0 Å². The number of para-hydroxylation sites is 1. The van der Waals surface area contributed by atoms with Crippen LogP contribution in [0.4, 0.5) is 0 Å². The summed E-state index contributed by atoms with van der Waals surface area (Å²) in [6.07, 6.45) is 0. The minimum absolute atomic E-state index is 0.696. The fourth-order valence-electron chi connectivity index (χ4n) is 2.67. The third-order valence-electron chi connectivity index (χ3n) is 3.60. The quantitative estimate of drug-likeness (QED) is 0.371. The van der Waals surface area contributed by atoms with Crippen molar-refractivity contribution in [3.8, 4) is 11.1 Å². The lowest BCUT2D eigenvalue weighted by Gasteiger charge is -2.01. The van der Waals surface area contributed by atoms with Gasteiger partial charge in [0.05, 0.1) is 4.47 Å². The summed E-state index contributed by atoms with van der Waals surface area (Å²) in [4.78, 5) is 0. The Morgan fingerprint density at radius 2 is 1.62 bits per heavy atom. The normalized spacial score (nSPS) is 11.3. The number of furan rings is 1. The number of hydrogen-bond donors (Lipinski definition) is 0. The van der Waals surface area contributed by atoms with Crippen molar-refractivity contribution in [2.75, 3.05) is 0 Å². The SMILES string of the molecule is Clc1cc(Br)c2oc3c(-c4ccccc4)cccc3c2c1. The van der Waals surface area contributed by atoms with Gasteiger partial charge in [-0.1, -0.05) is 60.1 Å². The second-order valence-electron chi connectivity index (χ2n) is 4.91. The van der Waals surface area contributed by atoms with Gasteiger partial charge in [-0.15, -0.1) is 0 Å². The molecule has 0 N–H and O–H groups in total. The van der Waals surface area contributed by atoms with Crippen LogP contribution >= 0.6 is 27.5 Å². The summed E-state index contributed by atoms with van der Waals surface area (Å²) in [5.74, 6) is 0. The first kappa shape index (κ1) is 12.9. The molecule has 3 heteroatoms. The van der Waals surface area contributed by atoms with Crippen molar-refractivity contribution in [2.24, 2.45) is 0 Å². The van der Waals surface area contributed by atoms with Gasteiger partial charge in [-0.25, -0.2) is 0 Å². The molecule has 0 aliphatic rings. The molecule has 3 aromatic carbocycles. The van der Waals surface area contributed by atoms with E-state index < -0.39 is 0 Å². The van der Waals surface area contributed by atoms with Crippen LogP contribution < -0.4 is 0 Å². The first-order valence-electron chi connectivity index (χ1n) is 6.60. The standard InChI is InChI=1S/C18H10BrClO/c19-16-10-12(20)9-15-14-8-4-7-13(17(14)21-18(15)16)11-5-2-1-3-6-11/h1-10H. The highest BCUT2D eigenvalue weighted by atomic mass is 79.9. The molecular formula is C18H10BrClO. The molecule has 0 amide bonds. The molecule has 0 unspecified atom stereocenters. The van der Waals surface area contributed by atoms with E-state index in [-0.39, 0.29) is 0 Å². The van der Waals surface area contributed by atoms with Crippen LogP contribution in [-0.4, -0.2) is 0 Å². The maximum atomic E-state index is 6.17. The van der Waals surface area contributed by atoms with E-state index in [0.717, 1.165) is 37.5 Å². The van der Waals surface area contributed by atoms with E-state index in [4.69, 9.17) is 16.0 Å². The Morgan fingerprint density at radius 1 is 0.810 bits per heavy atom. The van der Waals surface area contributed by atoms with Gasteiger partial charge in [0.15, 0.2) is 0 Å². The van der Waals surface area contributed by atoms with E-state index in [1.165, 1.54) is 0 Å². The maximum absolute atomic E-state index is 6.17. The Bertz CT molecular complexity index is 957. The van der Waals surface area contributed by atoms with E-state index in [9.17, 15) is 0 Å². The predicted molar refractivity (Wildman–Crippen MR) is 91.9 cm³/mol. The van der Waals surface area contributed by atoms with Crippen LogP contribution in [0, 0.1) is 0 Å². The van der Waals surface area contributed by atoms with Gasteiger partial charge < -0.3 is 4.42 Å². The van der Waals surface area contributed by atoms with E-state index >= 15 is 0 Å². The minimum Gasteiger partial charge on any atom is -0.454 e. The Morgan fingerprint density at radius 3 is 2.43 bits per heavy atom. The lowest BCUT2D eigenvalue weighted by atomic mass is 10.0. The molecule has 0 saturated carbocycles. The van der Waals surface area contributed by atoms with Crippen LogP contribution in [0.25, 0.3) is 33.1 Å². The van der Waals surface area contributed by atoms with Crippen molar-refractivity contribution >= 4 is 49.5 Å². The van der Waals surface area contributed by atoms with Crippen molar-refractivity contribution in [1.82, 2.24) is 0 Å². The van der Waals surface area contributed by atoms with Crippen LogP contribution in [0.5, 0.6) is 0 Å². The van der Waals surface area contributed by atoms with E-state index in [1.54, 1.807) is 0 Å². The van der Waals surface area contributed by atoms with Gasteiger partial charge in [0.1, 0.15) is 11.2 Å². The summed E-state index contributed by atoms with van der Waals surface area (Å²) in [5.41, 5.74) is 3.95. The average molecular weight is 358 g/mol. The van der Waals surface area contributed by atoms with Gasteiger partial charge in [-0.05, 0) is 33.6 Å². The van der Waals surface area contributed by atoms with E-state index in [0.29, 0.717) is 5.02 Å². The van der Waals surface area contributed by atoms with Crippen LogP contribution in [0.2, 0.25) is 5.02 Å². The summed E-state index contributed by atoms with van der Waals surface area (Å²) in [7, 11) is 0. The Kier molecular flexibility index (Phi) is 3.02. The molecule has 0 fully saturated rings. The smallest absolute Gasteiger partial charge is 0.149 e. The fraction of sp³-hybridized carbons (Fsp3) is 0. The number of fused-ring (bicyclic) bond motifs is 3. The molecule has 102 valence electrons. The molecule has 0 aliphatic carbocycles. The summed E-state index contributed by atoms with van der Waals surface area (Å²) in [6.45, 7) is 0.